The summed E-state index contributed by atoms with van der Waals surface area (Å²) in [7, 11) is 0. The average Bonchev–Trinajstić information content (AvgIpc) is 2.47. The molecule has 5 heteroatoms. The Morgan fingerprint density at radius 2 is 1.91 bits per heavy atom. The molecule has 2 aromatic rings. The summed E-state index contributed by atoms with van der Waals surface area (Å²) < 4.78 is 0. The Labute approximate surface area is 138 Å². The molecule has 2 rings (SSSR count). The predicted molar refractivity (Wildman–Crippen MR) is 96.5 cm³/mol. The molecule has 122 valence electrons. The Kier molecular flexibility index (Phi) is 5.32. The van der Waals surface area contributed by atoms with Crippen molar-refractivity contribution in [3.63, 3.8) is 0 Å². The van der Waals surface area contributed by atoms with E-state index in [1.54, 1.807) is 0 Å². The van der Waals surface area contributed by atoms with Gasteiger partial charge in [0.2, 0.25) is 11.9 Å². The Balaban J connectivity index is 2.31. The highest BCUT2D eigenvalue weighted by Crippen LogP contribution is 2.20. The van der Waals surface area contributed by atoms with Crippen molar-refractivity contribution >= 4 is 17.6 Å². The van der Waals surface area contributed by atoms with Crippen molar-refractivity contribution in [2.24, 2.45) is 0 Å². The van der Waals surface area contributed by atoms with Gasteiger partial charge in [0.05, 0.1) is 0 Å². The molecule has 0 atom stereocenters. The number of hydrogen-bond acceptors (Lipinski definition) is 5. The van der Waals surface area contributed by atoms with Crippen molar-refractivity contribution < 1.29 is 0 Å². The third kappa shape index (κ3) is 4.52. The molecule has 0 bridgehead atoms. The minimum absolute atomic E-state index is 0.569. The van der Waals surface area contributed by atoms with Crippen LogP contribution in [0.25, 0.3) is 0 Å². The van der Waals surface area contributed by atoms with Gasteiger partial charge in [0.15, 0.2) is 0 Å². The van der Waals surface area contributed by atoms with Gasteiger partial charge in [-0.1, -0.05) is 29.8 Å². The second-order valence-electron chi connectivity index (χ2n) is 5.92. The number of nitrogens with zero attached hydrogens (tertiary/aromatic N) is 4. The fraction of sp³-hybridized carbons (Fsp3) is 0.389. The van der Waals surface area contributed by atoms with Gasteiger partial charge in [0, 0.05) is 18.8 Å². The summed E-state index contributed by atoms with van der Waals surface area (Å²) in [6, 6.07) is 6.26. The fourth-order valence-corrected chi connectivity index (χ4v) is 2.39. The lowest BCUT2D eigenvalue weighted by Gasteiger charge is -2.21. The molecule has 1 aromatic carbocycles. The molecule has 5 nitrogen and oxygen atoms in total. The normalized spacial score (nSPS) is 10.5. The highest BCUT2D eigenvalue weighted by atomic mass is 15.3. The molecular formula is C18H25N5. The van der Waals surface area contributed by atoms with E-state index in [2.05, 4.69) is 70.7 Å². The van der Waals surface area contributed by atoms with Crippen molar-refractivity contribution in [1.82, 2.24) is 15.0 Å². The number of benzene rings is 1. The molecule has 23 heavy (non-hydrogen) atoms. The highest BCUT2D eigenvalue weighted by molar-refractivity contribution is 5.59. The topological polar surface area (TPSA) is 53.9 Å². The minimum atomic E-state index is 0.569. The monoisotopic (exact) mass is 311 g/mol. The van der Waals surface area contributed by atoms with E-state index in [0.29, 0.717) is 17.7 Å². The number of aromatic nitrogens is 3. The summed E-state index contributed by atoms with van der Waals surface area (Å²) in [6.07, 6.45) is 0. The number of rotatable bonds is 6. The second-order valence-corrected chi connectivity index (χ2v) is 5.92. The van der Waals surface area contributed by atoms with Crippen LogP contribution in [-0.2, 0) is 0 Å². The van der Waals surface area contributed by atoms with Crippen LogP contribution in [0.15, 0.2) is 30.4 Å². The zero-order chi connectivity index (χ0) is 17.0. The molecular weight excluding hydrogens is 286 g/mol. The Bertz CT molecular complexity index is 709. The zero-order valence-electron chi connectivity index (χ0n) is 14.6. The van der Waals surface area contributed by atoms with Gasteiger partial charge >= 0.3 is 0 Å². The molecule has 0 unspecified atom stereocenters. The molecule has 0 spiro atoms. The Morgan fingerprint density at radius 1 is 1.17 bits per heavy atom. The van der Waals surface area contributed by atoms with Crippen molar-refractivity contribution in [1.29, 1.82) is 0 Å². The summed E-state index contributed by atoms with van der Waals surface area (Å²) in [6.45, 7) is 15.7. The van der Waals surface area contributed by atoms with Crippen LogP contribution in [0.3, 0.4) is 0 Å². The molecule has 0 saturated carbocycles. The summed E-state index contributed by atoms with van der Waals surface area (Å²) >= 11 is 0. The quantitative estimate of drug-likeness (QED) is 0.819. The van der Waals surface area contributed by atoms with Crippen LogP contribution >= 0.6 is 0 Å². The second kappa shape index (κ2) is 7.22. The summed E-state index contributed by atoms with van der Waals surface area (Å²) in [5.41, 5.74) is 4.49. The fourth-order valence-electron chi connectivity index (χ4n) is 2.39. The maximum absolute atomic E-state index is 4.57. The molecule has 0 aliphatic rings. The number of likely N-dealkylation sites (N-methyl/N-ethyl adjacent to an activating group) is 1. The van der Waals surface area contributed by atoms with Gasteiger partial charge < -0.3 is 10.2 Å². The first kappa shape index (κ1) is 16.9. The van der Waals surface area contributed by atoms with E-state index in [1.165, 1.54) is 11.1 Å². The Morgan fingerprint density at radius 3 is 2.52 bits per heavy atom. The smallest absolute Gasteiger partial charge is 0.232 e. The third-order valence-electron chi connectivity index (χ3n) is 3.49. The molecule has 0 aliphatic heterocycles. The number of aryl methyl sites for hydroxylation is 3. The molecule has 0 aliphatic carbocycles. The first-order chi connectivity index (χ1) is 10.9. The first-order valence-corrected chi connectivity index (χ1v) is 7.85. The van der Waals surface area contributed by atoms with Gasteiger partial charge in [-0.15, -0.1) is 0 Å². The van der Waals surface area contributed by atoms with Gasteiger partial charge in [-0.2, -0.15) is 15.0 Å². The highest BCUT2D eigenvalue weighted by Gasteiger charge is 2.11. The molecule has 1 heterocycles. The lowest BCUT2D eigenvalue weighted by atomic mass is 10.1. The maximum Gasteiger partial charge on any atom is 0.232 e. The van der Waals surface area contributed by atoms with Gasteiger partial charge in [-0.25, -0.2) is 0 Å². The van der Waals surface area contributed by atoms with Gasteiger partial charge in [-0.3, -0.25) is 0 Å². The molecule has 1 N–H and O–H groups in total. The standard InChI is InChI=1S/C18H25N5/c1-7-23(11-12(2)3)18-20-15(6)19-17(22-18)21-16-9-8-13(4)10-14(16)5/h8-10H,2,7,11H2,1,3-6H3,(H,19,20,21,22). The maximum atomic E-state index is 4.57. The van der Waals surface area contributed by atoms with Crippen LogP contribution in [0.2, 0.25) is 0 Å². The van der Waals surface area contributed by atoms with Crippen molar-refractivity contribution in [2.45, 2.75) is 34.6 Å². The van der Waals surface area contributed by atoms with E-state index < -0.39 is 0 Å². The van der Waals surface area contributed by atoms with E-state index in [9.17, 15) is 0 Å². The minimum Gasteiger partial charge on any atom is -0.337 e. The lowest BCUT2D eigenvalue weighted by molar-refractivity contribution is 0.814. The van der Waals surface area contributed by atoms with Crippen LogP contribution in [0.5, 0.6) is 0 Å². The predicted octanol–water partition coefficient (Wildman–Crippen LogP) is 3.94. The Hall–Kier alpha value is -2.43. The van der Waals surface area contributed by atoms with Crippen LogP contribution in [-0.4, -0.2) is 28.0 Å². The van der Waals surface area contributed by atoms with E-state index >= 15 is 0 Å². The third-order valence-corrected chi connectivity index (χ3v) is 3.49. The van der Waals surface area contributed by atoms with Gasteiger partial charge in [-0.05, 0) is 46.2 Å². The summed E-state index contributed by atoms with van der Waals surface area (Å²) in [5.74, 6) is 1.94. The molecule has 0 saturated heterocycles. The summed E-state index contributed by atoms with van der Waals surface area (Å²) in [5, 5.41) is 3.30. The van der Waals surface area contributed by atoms with Crippen molar-refractivity contribution in [3.8, 4) is 0 Å². The van der Waals surface area contributed by atoms with Gasteiger partial charge in [0.1, 0.15) is 5.82 Å². The molecule has 0 radical (unpaired) electrons. The SMILES string of the molecule is C=C(C)CN(CC)c1nc(C)nc(Nc2ccc(C)cc2C)n1. The van der Waals surface area contributed by atoms with E-state index in [0.717, 1.165) is 24.4 Å². The van der Waals surface area contributed by atoms with Gasteiger partial charge in [0.25, 0.3) is 0 Å². The lowest BCUT2D eigenvalue weighted by Crippen LogP contribution is -2.27. The average molecular weight is 311 g/mol. The molecule has 1 aromatic heterocycles. The van der Waals surface area contributed by atoms with Crippen LogP contribution < -0.4 is 10.2 Å². The largest absolute Gasteiger partial charge is 0.337 e. The van der Waals surface area contributed by atoms with Crippen LogP contribution in [0.1, 0.15) is 30.8 Å². The molecule has 0 amide bonds. The van der Waals surface area contributed by atoms with E-state index in [1.807, 2.05) is 13.8 Å². The van der Waals surface area contributed by atoms with Crippen LogP contribution in [0, 0.1) is 20.8 Å². The van der Waals surface area contributed by atoms with Crippen molar-refractivity contribution in [2.75, 3.05) is 23.3 Å². The number of hydrogen-bond donors (Lipinski definition) is 1. The van der Waals surface area contributed by atoms with E-state index in [4.69, 9.17) is 0 Å². The number of nitrogens with one attached hydrogen (secondary N) is 1. The van der Waals surface area contributed by atoms with E-state index in [-0.39, 0.29) is 0 Å². The van der Waals surface area contributed by atoms with Crippen molar-refractivity contribution in [3.05, 3.63) is 47.3 Å². The molecule has 0 fully saturated rings. The summed E-state index contributed by atoms with van der Waals surface area (Å²) in [4.78, 5) is 15.5. The van der Waals surface area contributed by atoms with Crippen LogP contribution in [0.4, 0.5) is 17.6 Å². The number of anilines is 3. The first-order valence-electron chi connectivity index (χ1n) is 7.85. The zero-order valence-corrected chi connectivity index (χ0v) is 14.6.